The van der Waals surface area contributed by atoms with Gasteiger partial charge in [-0.1, -0.05) is 30.3 Å². The molecule has 2 heterocycles. The van der Waals surface area contributed by atoms with Crippen molar-refractivity contribution in [1.82, 2.24) is 9.47 Å². The monoisotopic (exact) mass is 363 g/mol. The van der Waals surface area contributed by atoms with Crippen LogP contribution in [0.2, 0.25) is 0 Å². The Hall–Kier alpha value is -2.95. The summed E-state index contributed by atoms with van der Waals surface area (Å²) in [5.41, 5.74) is 2.92. The molecule has 0 saturated carbocycles. The van der Waals surface area contributed by atoms with Crippen LogP contribution in [0.1, 0.15) is 17.3 Å². The number of carbonyl (C=O) groups excluding carboxylic acids is 1. The molecular weight excluding hydrogens is 338 g/mol. The fourth-order valence-corrected chi connectivity index (χ4v) is 3.88. The van der Waals surface area contributed by atoms with Gasteiger partial charge in [0.05, 0.1) is 24.3 Å². The van der Waals surface area contributed by atoms with E-state index in [0.717, 1.165) is 41.0 Å². The molecule has 27 heavy (non-hydrogen) atoms. The zero-order valence-corrected chi connectivity index (χ0v) is 16.1. The van der Waals surface area contributed by atoms with E-state index in [1.54, 1.807) is 4.90 Å². The smallest absolute Gasteiger partial charge is 0.255 e. The SMILES string of the molecule is CCN1C[C@H](CN(C)C(=O)c2cn(C)c3ccccc23)Oc2ccccc21. The van der Waals surface area contributed by atoms with Gasteiger partial charge in [0.2, 0.25) is 0 Å². The van der Waals surface area contributed by atoms with E-state index < -0.39 is 0 Å². The highest BCUT2D eigenvalue weighted by Gasteiger charge is 2.27. The van der Waals surface area contributed by atoms with Crippen LogP contribution < -0.4 is 9.64 Å². The van der Waals surface area contributed by atoms with Gasteiger partial charge in [0.15, 0.2) is 0 Å². The molecule has 2 aromatic carbocycles. The minimum Gasteiger partial charge on any atom is -0.485 e. The highest BCUT2D eigenvalue weighted by atomic mass is 16.5. The Labute approximate surface area is 159 Å². The lowest BCUT2D eigenvalue weighted by Crippen LogP contribution is -2.46. The van der Waals surface area contributed by atoms with E-state index in [9.17, 15) is 4.79 Å². The molecule has 1 atom stereocenters. The molecule has 1 amide bonds. The molecule has 0 bridgehead atoms. The molecule has 0 saturated heterocycles. The van der Waals surface area contributed by atoms with Crippen LogP contribution in [0.3, 0.4) is 0 Å². The summed E-state index contributed by atoms with van der Waals surface area (Å²) in [5.74, 6) is 0.916. The molecule has 0 fully saturated rings. The fourth-order valence-electron chi connectivity index (χ4n) is 3.88. The number of nitrogens with zero attached hydrogens (tertiary/aromatic N) is 3. The Balaban J connectivity index is 1.54. The number of para-hydroxylation sites is 3. The Kier molecular flexibility index (Phi) is 4.52. The third-order valence-corrected chi connectivity index (χ3v) is 5.26. The Bertz CT molecular complexity index is 979. The molecule has 0 radical (unpaired) electrons. The van der Waals surface area contributed by atoms with Gasteiger partial charge in [0, 0.05) is 37.7 Å². The Morgan fingerprint density at radius 2 is 1.93 bits per heavy atom. The minimum absolute atomic E-state index is 0.0253. The maximum absolute atomic E-state index is 13.1. The predicted molar refractivity (Wildman–Crippen MR) is 109 cm³/mol. The Morgan fingerprint density at radius 3 is 2.74 bits per heavy atom. The van der Waals surface area contributed by atoms with Crippen molar-refractivity contribution in [2.45, 2.75) is 13.0 Å². The number of aromatic nitrogens is 1. The first kappa shape index (κ1) is 17.5. The summed E-state index contributed by atoms with van der Waals surface area (Å²) in [5, 5.41) is 0.988. The van der Waals surface area contributed by atoms with Crippen molar-refractivity contribution >= 4 is 22.5 Å². The number of likely N-dealkylation sites (N-methyl/N-ethyl adjacent to an activating group) is 2. The van der Waals surface area contributed by atoms with Gasteiger partial charge >= 0.3 is 0 Å². The van der Waals surface area contributed by atoms with Crippen LogP contribution >= 0.6 is 0 Å². The van der Waals surface area contributed by atoms with Crippen molar-refractivity contribution in [3.05, 3.63) is 60.3 Å². The van der Waals surface area contributed by atoms with E-state index in [1.807, 2.05) is 67.3 Å². The normalized spacial score (nSPS) is 16.1. The van der Waals surface area contributed by atoms with Crippen LogP contribution in [0, 0.1) is 0 Å². The number of benzene rings is 2. The van der Waals surface area contributed by atoms with Gasteiger partial charge in [-0.25, -0.2) is 0 Å². The van der Waals surface area contributed by atoms with Crippen molar-refractivity contribution in [1.29, 1.82) is 0 Å². The summed E-state index contributed by atoms with van der Waals surface area (Å²) in [6.07, 6.45) is 1.86. The molecule has 1 aliphatic rings. The molecule has 5 heteroatoms. The fraction of sp³-hybridized carbons (Fsp3) is 0.318. The van der Waals surface area contributed by atoms with Crippen molar-refractivity contribution in [2.75, 3.05) is 31.6 Å². The second-order valence-electron chi connectivity index (χ2n) is 7.10. The van der Waals surface area contributed by atoms with E-state index in [4.69, 9.17) is 4.74 Å². The summed E-state index contributed by atoms with van der Waals surface area (Å²) >= 11 is 0. The van der Waals surface area contributed by atoms with Gasteiger partial charge in [-0.05, 0) is 25.1 Å². The molecular formula is C22H25N3O2. The molecule has 3 aromatic rings. The molecule has 0 spiro atoms. The molecule has 0 N–H and O–H groups in total. The molecule has 5 nitrogen and oxygen atoms in total. The second-order valence-corrected chi connectivity index (χ2v) is 7.10. The summed E-state index contributed by atoms with van der Waals surface area (Å²) in [6, 6.07) is 16.1. The maximum atomic E-state index is 13.1. The van der Waals surface area contributed by atoms with Crippen molar-refractivity contribution in [2.24, 2.45) is 7.05 Å². The van der Waals surface area contributed by atoms with Crippen LogP contribution in [-0.2, 0) is 7.05 Å². The summed E-state index contributed by atoms with van der Waals surface area (Å²) in [6.45, 7) is 4.38. The van der Waals surface area contributed by atoms with E-state index in [2.05, 4.69) is 17.9 Å². The van der Waals surface area contributed by atoms with Crippen LogP contribution in [0.5, 0.6) is 5.75 Å². The first-order valence-electron chi connectivity index (χ1n) is 9.38. The van der Waals surface area contributed by atoms with Gasteiger partial charge in [0.1, 0.15) is 11.9 Å². The molecule has 0 unspecified atom stereocenters. The highest BCUT2D eigenvalue weighted by Crippen LogP contribution is 2.33. The van der Waals surface area contributed by atoms with E-state index in [1.165, 1.54) is 0 Å². The van der Waals surface area contributed by atoms with Crippen LogP contribution in [0.15, 0.2) is 54.7 Å². The number of hydrogen-bond donors (Lipinski definition) is 0. The van der Waals surface area contributed by atoms with Gasteiger partial charge in [-0.15, -0.1) is 0 Å². The largest absolute Gasteiger partial charge is 0.485 e. The zero-order valence-electron chi connectivity index (χ0n) is 16.1. The third-order valence-electron chi connectivity index (χ3n) is 5.26. The van der Waals surface area contributed by atoms with Crippen LogP contribution in [-0.4, -0.2) is 48.2 Å². The summed E-state index contributed by atoms with van der Waals surface area (Å²) in [4.78, 5) is 17.2. The lowest BCUT2D eigenvalue weighted by molar-refractivity contribution is 0.0711. The zero-order chi connectivity index (χ0) is 19.0. The highest BCUT2D eigenvalue weighted by molar-refractivity contribution is 6.06. The van der Waals surface area contributed by atoms with Crippen LogP contribution in [0.25, 0.3) is 10.9 Å². The standard InChI is InChI=1S/C22H25N3O2/c1-4-25-14-16(27-21-12-8-7-11-20(21)25)13-24(3)22(26)18-15-23(2)19-10-6-5-9-17(18)19/h5-12,15-16H,4,13-14H2,1-3H3/t16-/m0/s1. The first-order valence-corrected chi connectivity index (χ1v) is 9.38. The van der Waals surface area contributed by atoms with E-state index in [0.29, 0.717) is 6.54 Å². The average molecular weight is 363 g/mol. The third kappa shape index (κ3) is 3.14. The van der Waals surface area contributed by atoms with Gasteiger partial charge in [-0.2, -0.15) is 0 Å². The van der Waals surface area contributed by atoms with Gasteiger partial charge < -0.3 is 19.1 Å². The number of rotatable bonds is 4. The van der Waals surface area contributed by atoms with E-state index >= 15 is 0 Å². The lowest BCUT2D eigenvalue weighted by Gasteiger charge is -2.37. The molecule has 1 aliphatic heterocycles. The quantitative estimate of drug-likeness (QED) is 0.712. The number of aryl methyl sites for hydroxylation is 1. The van der Waals surface area contributed by atoms with Crippen molar-refractivity contribution in [3.8, 4) is 5.75 Å². The van der Waals surface area contributed by atoms with Gasteiger partial charge in [-0.3, -0.25) is 4.79 Å². The number of hydrogen-bond acceptors (Lipinski definition) is 3. The van der Waals surface area contributed by atoms with Crippen molar-refractivity contribution < 1.29 is 9.53 Å². The summed E-state index contributed by atoms with van der Waals surface area (Å²) < 4.78 is 8.18. The second kappa shape index (κ2) is 6.99. The molecule has 140 valence electrons. The first-order chi connectivity index (χ1) is 13.1. The number of carbonyl (C=O) groups is 1. The summed E-state index contributed by atoms with van der Waals surface area (Å²) in [7, 11) is 3.82. The van der Waals surface area contributed by atoms with Crippen molar-refractivity contribution in [3.63, 3.8) is 0 Å². The van der Waals surface area contributed by atoms with E-state index in [-0.39, 0.29) is 12.0 Å². The van der Waals surface area contributed by atoms with Gasteiger partial charge in [0.25, 0.3) is 5.91 Å². The molecule has 1 aromatic heterocycles. The molecule has 0 aliphatic carbocycles. The predicted octanol–water partition coefficient (Wildman–Crippen LogP) is 3.54. The lowest BCUT2D eigenvalue weighted by atomic mass is 10.1. The average Bonchev–Trinajstić information content (AvgIpc) is 3.03. The number of fused-ring (bicyclic) bond motifs is 2. The minimum atomic E-state index is -0.0521. The number of amides is 1. The topological polar surface area (TPSA) is 37.7 Å². The number of ether oxygens (including phenoxy) is 1. The van der Waals surface area contributed by atoms with Crippen LogP contribution in [0.4, 0.5) is 5.69 Å². The maximum Gasteiger partial charge on any atom is 0.255 e. The Morgan fingerprint density at radius 1 is 1.19 bits per heavy atom. The molecule has 4 rings (SSSR count). The number of anilines is 1.